The van der Waals surface area contributed by atoms with Crippen LogP contribution in [0.1, 0.15) is 27.2 Å². The van der Waals surface area contributed by atoms with Crippen LogP contribution in [0.2, 0.25) is 0 Å². The van der Waals surface area contributed by atoms with E-state index in [0.29, 0.717) is 0 Å². The van der Waals surface area contributed by atoms with Gasteiger partial charge in [-0.25, -0.2) is 0 Å². The van der Waals surface area contributed by atoms with Crippen LogP contribution < -0.4 is 0 Å². The topological polar surface area (TPSA) is 40.9 Å². The molecule has 0 radical (unpaired) electrons. The lowest BCUT2D eigenvalue weighted by atomic mass is 9.68. The highest BCUT2D eigenvalue weighted by atomic mass is 16.1. The lowest BCUT2D eigenvalue weighted by Crippen LogP contribution is -2.39. The third-order valence-corrected chi connectivity index (χ3v) is 2.40. The molecule has 0 saturated carbocycles. The number of rotatable bonds is 0. The number of Topliss-reactive ketones (excluding diaryl/α,β-unsaturated/α-hetero) is 1. The van der Waals surface area contributed by atoms with Gasteiger partial charge in [-0.05, 0) is 13.3 Å². The van der Waals surface area contributed by atoms with Crippen LogP contribution in [-0.4, -0.2) is 5.78 Å². The summed E-state index contributed by atoms with van der Waals surface area (Å²) in [5.41, 5.74) is -1.28. The summed E-state index contributed by atoms with van der Waals surface area (Å²) in [7, 11) is 0. The van der Waals surface area contributed by atoms with Crippen LogP contribution in [0.4, 0.5) is 0 Å². The van der Waals surface area contributed by atoms with Crippen molar-refractivity contribution >= 4 is 5.78 Å². The SMILES string of the molecule is CC1(C#N)C=CCC(C)(C)C1=O. The zero-order valence-electron chi connectivity index (χ0n) is 7.72. The van der Waals surface area contributed by atoms with Crippen molar-refractivity contribution in [3.05, 3.63) is 12.2 Å². The molecule has 0 aromatic heterocycles. The van der Waals surface area contributed by atoms with E-state index < -0.39 is 5.41 Å². The van der Waals surface area contributed by atoms with Gasteiger partial charge in [-0.15, -0.1) is 0 Å². The largest absolute Gasteiger partial charge is 0.297 e. The summed E-state index contributed by atoms with van der Waals surface area (Å²) >= 11 is 0. The molecular weight excluding hydrogens is 150 g/mol. The summed E-state index contributed by atoms with van der Waals surface area (Å²) in [5.74, 6) is 0.0278. The van der Waals surface area contributed by atoms with Crippen LogP contribution in [0.25, 0.3) is 0 Å². The second-order valence-electron chi connectivity index (χ2n) is 4.13. The number of carbonyl (C=O) groups is 1. The fourth-order valence-electron chi connectivity index (χ4n) is 1.55. The molecular formula is C10H13NO. The minimum Gasteiger partial charge on any atom is -0.297 e. The van der Waals surface area contributed by atoms with E-state index in [1.165, 1.54) is 0 Å². The minimum absolute atomic E-state index is 0.0278. The van der Waals surface area contributed by atoms with E-state index in [2.05, 4.69) is 0 Å². The van der Waals surface area contributed by atoms with Crippen molar-refractivity contribution < 1.29 is 4.79 Å². The van der Waals surface area contributed by atoms with Crippen molar-refractivity contribution in [2.24, 2.45) is 10.8 Å². The smallest absolute Gasteiger partial charge is 0.162 e. The van der Waals surface area contributed by atoms with E-state index in [1.54, 1.807) is 13.0 Å². The molecule has 1 unspecified atom stereocenters. The predicted molar refractivity (Wildman–Crippen MR) is 46.3 cm³/mol. The van der Waals surface area contributed by atoms with Gasteiger partial charge in [-0.3, -0.25) is 4.79 Å². The number of nitrogens with zero attached hydrogens (tertiary/aromatic N) is 1. The Hall–Kier alpha value is -1.10. The quantitative estimate of drug-likeness (QED) is 0.513. The normalized spacial score (nSPS) is 33.0. The molecule has 0 amide bonds. The van der Waals surface area contributed by atoms with Gasteiger partial charge in [0.1, 0.15) is 5.41 Å². The van der Waals surface area contributed by atoms with Crippen molar-refractivity contribution in [1.82, 2.24) is 0 Å². The van der Waals surface area contributed by atoms with Gasteiger partial charge in [0, 0.05) is 5.41 Å². The standard InChI is InChI=1S/C10H13NO/c1-9(2)5-4-6-10(3,7-11)8(9)12/h4,6H,5H2,1-3H3. The first kappa shape index (κ1) is 8.99. The van der Waals surface area contributed by atoms with Crippen molar-refractivity contribution in [2.75, 3.05) is 0 Å². The Morgan fingerprint density at radius 2 is 2.08 bits per heavy atom. The first-order chi connectivity index (χ1) is 5.42. The van der Waals surface area contributed by atoms with E-state index in [1.807, 2.05) is 26.0 Å². The van der Waals surface area contributed by atoms with E-state index in [4.69, 9.17) is 5.26 Å². The Kier molecular flexibility index (Phi) is 1.83. The predicted octanol–water partition coefficient (Wildman–Crippen LogP) is 2.07. The lowest BCUT2D eigenvalue weighted by Gasteiger charge is -2.32. The zero-order valence-corrected chi connectivity index (χ0v) is 7.72. The second kappa shape index (κ2) is 2.45. The molecule has 0 saturated heterocycles. The molecule has 1 atom stereocenters. The van der Waals surface area contributed by atoms with Crippen LogP contribution >= 0.6 is 0 Å². The number of nitriles is 1. The van der Waals surface area contributed by atoms with E-state index in [0.717, 1.165) is 6.42 Å². The van der Waals surface area contributed by atoms with Crippen LogP contribution in [0.5, 0.6) is 0 Å². The molecule has 0 bridgehead atoms. The Balaban J connectivity index is 3.12. The summed E-state index contributed by atoms with van der Waals surface area (Å²) in [5, 5.41) is 8.83. The van der Waals surface area contributed by atoms with Crippen molar-refractivity contribution in [3.8, 4) is 6.07 Å². The molecule has 0 aromatic rings. The summed E-state index contributed by atoms with van der Waals surface area (Å²) in [6.07, 6.45) is 4.37. The molecule has 2 heteroatoms. The maximum absolute atomic E-state index is 11.7. The zero-order chi connectivity index (χ0) is 9.41. The van der Waals surface area contributed by atoms with Gasteiger partial charge in [0.2, 0.25) is 0 Å². The van der Waals surface area contributed by atoms with E-state index >= 15 is 0 Å². The molecule has 12 heavy (non-hydrogen) atoms. The highest BCUT2D eigenvalue weighted by Crippen LogP contribution is 2.37. The van der Waals surface area contributed by atoms with Gasteiger partial charge in [-0.2, -0.15) is 5.26 Å². The molecule has 2 nitrogen and oxygen atoms in total. The molecule has 0 aromatic carbocycles. The van der Waals surface area contributed by atoms with Gasteiger partial charge < -0.3 is 0 Å². The maximum atomic E-state index is 11.7. The fraction of sp³-hybridized carbons (Fsp3) is 0.600. The average molecular weight is 163 g/mol. The highest BCUT2D eigenvalue weighted by molar-refractivity contribution is 5.94. The summed E-state index contributed by atoms with van der Waals surface area (Å²) in [6, 6.07) is 2.05. The molecule has 1 aliphatic carbocycles. The van der Waals surface area contributed by atoms with Crippen LogP contribution in [0.3, 0.4) is 0 Å². The number of carbonyl (C=O) groups excluding carboxylic acids is 1. The van der Waals surface area contributed by atoms with E-state index in [9.17, 15) is 4.79 Å². The van der Waals surface area contributed by atoms with Crippen molar-refractivity contribution in [3.63, 3.8) is 0 Å². The molecule has 1 aliphatic rings. The summed E-state index contributed by atoms with van der Waals surface area (Å²) < 4.78 is 0. The molecule has 0 spiro atoms. The van der Waals surface area contributed by atoms with Crippen LogP contribution in [0.15, 0.2) is 12.2 Å². The lowest BCUT2D eigenvalue weighted by molar-refractivity contribution is -0.132. The Bertz CT molecular complexity index is 283. The van der Waals surface area contributed by atoms with Gasteiger partial charge in [0.25, 0.3) is 0 Å². The minimum atomic E-state index is -0.901. The number of hydrogen-bond donors (Lipinski definition) is 0. The maximum Gasteiger partial charge on any atom is 0.162 e. The highest BCUT2D eigenvalue weighted by Gasteiger charge is 2.42. The number of ketones is 1. The summed E-state index contributed by atoms with van der Waals surface area (Å²) in [6.45, 7) is 5.44. The monoisotopic (exact) mass is 163 g/mol. The molecule has 0 heterocycles. The van der Waals surface area contributed by atoms with Crippen LogP contribution in [0, 0.1) is 22.2 Å². The van der Waals surface area contributed by atoms with Crippen molar-refractivity contribution in [1.29, 1.82) is 5.26 Å². The van der Waals surface area contributed by atoms with Gasteiger partial charge in [-0.1, -0.05) is 26.0 Å². The van der Waals surface area contributed by atoms with Gasteiger partial charge in [0.05, 0.1) is 6.07 Å². The van der Waals surface area contributed by atoms with Gasteiger partial charge >= 0.3 is 0 Å². The molecule has 0 aliphatic heterocycles. The molecule has 1 rings (SSSR count). The Morgan fingerprint density at radius 3 is 2.50 bits per heavy atom. The Morgan fingerprint density at radius 1 is 1.50 bits per heavy atom. The molecule has 0 N–H and O–H groups in total. The van der Waals surface area contributed by atoms with E-state index in [-0.39, 0.29) is 11.2 Å². The third kappa shape index (κ3) is 1.16. The summed E-state index contributed by atoms with van der Waals surface area (Å²) in [4.78, 5) is 11.7. The second-order valence-corrected chi connectivity index (χ2v) is 4.13. The van der Waals surface area contributed by atoms with Crippen molar-refractivity contribution in [2.45, 2.75) is 27.2 Å². The number of allylic oxidation sites excluding steroid dienone is 2. The molecule has 0 fully saturated rings. The first-order valence-corrected chi connectivity index (χ1v) is 4.06. The van der Waals surface area contributed by atoms with Gasteiger partial charge in [0.15, 0.2) is 5.78 Å². The average Bonchev–Trinajstić information content (AvgIpc) is 2.00. The first-order valence-electron chi connectivity index (χ1n) is 4.06. The van der Waals surface area contributed by atoms with Crippen LogP contribution in [-0.2, 0) is 4.79 Å². The Labute approximate surface area is 72.9 Å². The third-order valence-electron chi connectivity index (χ3n) is 2.40. The molecule has 64 valence electrons. The fourth-order valence-corrected chi connectivity index (χ4v) is 1.55. The number of hydrogen-bond acceptors (Lipinski definition) is 2.